The molecule has 0 saturated heterocycles. The lowest BCUT2D eigenvalue weighted by atomic mass is 10.3. The molecule has 0 saturated carbocycles. The number of carbonyl (C=O) groups excluding carboxylic acids is 1. The average molecular weight is 260 g/mol. The Kier molecular flexibility index (Phi) is 4.09. The van der Waals surface area contributed by atoms with Crippen molar-refractivity contribution >= 4 is 28.8 Å². The van der Waals surface area contributed by atoms with Gasteiger partial charge in [0.2, 0.25) is 5.90 Å². The van der Waals surface area contributed by atoms with Gasteiger partial charge in [0, 0.05) is 5.69 Å². The zero-order valence-electron chi connectivity index (χ0n) is 9.55. The molecule has 0 atom stereocenters. The number of ether oxygens (including phenoxy) is 1. The highest BCUT2D eigenvalue weighted by atomic mass is 32.1. The van der Waals surface area contributed by atoms with Crippen molar-refractivity contribution in [2.24, 2.45) is 0 Å². The van der Waals surface area contributed by atoms with Crippen LogP contribution in [0.3, 0.4) is 0 Å². The van der Waals surface area contributed by atoms with Crippen LogP contribution < -0.4 is 5.32 Å². The molecule has 0 spiro atoms. The van der Waals surface area contributed by atoms with Crippen LogP contribution in [-0.4, -0.2) is 18.4 Å². The number of hydrogen-bond acceptors (Lipinski definition) is 4. The van der Waals surface area contributed by atoms with E-state index in [0.717, 1.165) is 0 Å². The molecule has 1 heterocycles. The summed E-state index contributed by atoms with van der Waals surface area (Å²) in [6.45, 7) is -0.161. The van der Waals surface area contributed by atoms with Crippen molar-refractivity contribution in [3.05, 3.63) is 52.7 Å². The van der Waals surface area contributed by atoms with Crippen LogP contribution in [0.1, 0.15) is 4.88 Å². The maximum Gasteiger partial charge on any atom is 0.262 e. The van der Waals surface area contributed by atoms with Gasteiger partial charge in [-0.1, -0.05) is 24.3 Å². The number of rotatable bonds is 4. The van der Waals surface area contributed by atoms with Gasteiger partial charge in [-0.15, -0.1) is 11.3 Å². The number of hydrogen-bond donors (Lipinski definition) is 2. The molecule has 0 unspecified atom stereocenters. The summed E-state index contributed by atoms with van der Waals surface area (Å²) >= 11 is 1.41. The van der Waals surface area contributed by atoms with Crippen molar-refractivity contribution in [2.75, 3.05) is 11.9 Å². The van der Waals surface area contributed by atoms with E-state index in [1.165, 1.54) is 11.3 Å². The van der Waals surface area contributed by atoms with Crippen molar-refractivity contribution in [3.63, 3.8) is 0 Å². The predicted octanol–water partition coefficient (Wildman–Crippen LogP) is 2.73. The van der Waals surface area contributed by atoms with Crippen LogP contribution in [0.15, 0.2) is 47.8 Å². The maximum absolute atomic E-state index is 11.6. The minimum atomic E-state index is -0.275. The molecule has 1 aromatic carbocycles. The highest BCUT2D eigenvalue weighted by Crippen LogP contribution is 2.10. The van der Waals surface area contributed by atoms with Crippen molar-refractivity contribution in [3.8, 4) is 0 Å². The van der Waals surface area contributed by atoms with Crippen LogP contribution in [0.2, 0.25) is 0 Å². The molecule has 1 aromatic heterocycles. The van der Waals surface area contributed by atoms with Gasteiger partial charge in [0.1, 0.15) is 0 Å². The highest BCUT2D eigenvalue weighted by molar-refractivity contribution is 7.12. The molecule has 92 valence electrons. The SMILES string of the molecule is N=C(OCC(=O)Nc1ccccc1)c1cccs1. The third-order valence-corrected chi connectivity index (χ3v) is 3.02. The summed E-state index contributed by atoms with van der Waals surface area (Å²) in [5, 5.41) is 12.2. The molecule has 2 aromatic rings. The number of amides is 1. The Morgan fingerprint density at radius 1 is 1.22 bits per heavy atom. The first-order valence-corrected chi connectivity index (χ1v) is 6.24. The number of anilines is 1. The van der Waals surface area contributed by atoms with E-state index in [1.807, 2.05) is 29.6 Å². The molecule has 0 radical (unpaired) electrons. The first kappa shape index (κ1) is 12.3. The van der Waals surface area contributed by atoms with E-state index < -0.39 is 0 Å². The Morgan fingerprint density at radius 3 is 2.67 bits per heavy atom. The lowest BCUT2D eigenvalue weighted by molar-refractivity contribution is -0.118. The molecule has 1 amide bonds. The van der Waals surface area contributed by atoms with Gasteiger partial charge >= 0.3 is 0 Å². The molecule has 2 N–H and O–H groups in total. The second-order valence-electron chi connectivity index (χ2n) is 3.51. The van der Waals surface area contributed by atoms with Crippen LogP contribution in [0.25, 0.3) is 0 Å². The summed E-state index contributed by atoms with van der Waals surface area (Å²) in [5.74, 6) is -0.254. The lowest BCUT2D eigenvalue weighted by Gasteiger charge is -2.06. The van der Waals surface area contributed by atoms with Gasteiger partial charge in [-0.25, -0.2) is 0 Å². The van der Waals surface area contributed by atoms with Crippen LogP contribution >= 0.6 is 11.3 Å². The largest absolute Gasteiger partial charge is 0.467 e. The minimum Gasteiger partial charge on any atom is -0.467 e. The fraction of sp³-hybridized carbons (Fsp3) is 0.0769. The van der Waals surface area contributed by atoms with Gasteiger partial charge in [-0.3, -0.25) is 10.2 Å². The molecule has 0 aliphatic carbocycles. The van der Waals surface area contributed by atoms with E-state index in [9.17, 15) is 4.79 Å². The fourth-order valence-electron chi connectivity index (χ4n) is 1.34. The van der Waals surface area contributed by atoms with Crippen LogP contribution in [-0.2, 0) is 9.53 Å². The summed E-state index contributed by atoms with van der Waals surface area (Å²) < 4.78 is 5.10. The monoisotopic (exact) mass is 260 g/mol. The quantitative estimate of drug-likeness (QED) is 0.656. The van der Waals surface area contributed by atoms with Gasteiger partial charge in [0.25, 0.3) is 5.91 Å². The average Bonchev–Trinajstić information content (AvgIpc) is 2.91. The van der Waals surface area contributed by atoms with Crippen LogP contribution in [0, 0.1) is 5.41 Å². The van der Waals surface area contributed by atoms with E-state index in [0.29, 0.717) is 10.6 Å². The standard InChI is InChI=1S/C13H12N2O2S/c14-13(11-7-4-8-18-11)17-9-12(16)15-10-5-2-1-3-6-10/h1-8,14H,9H2,(H,15,16). The van der Waals surface area contributed by atoms with Crippen LogP contribution in [0.4, 0.5) is 5.69 Å². The van der Waals surface area contributed by atoms with Crippen molar-refractivity contribution < 1.29 is 9.53 Å². The second-order valence-corrected chi connectivity index (χ2v) is 4.46. The second kappa shape index (κ2) is 5.97. The summed E-state index contributed by atoms with van der Waals surface area (Å²) in [5.41, 5.74) is 0.716. The molecule has 0 aliphatic heterocycles. The van der Waals surface area contributed by atoms with Crippen LogP contribution in [0.5, 0.6) is 0 Å². The number of nitrogens with one attached hydrogen (secondary N) is 2. The minimum absolute atomic E-state index is 0.0215. The van der Waals surface area contributed by atoms with Gasteiger partial charge in [-0.05, 0) is 23.6 Å². The Balaban J connectivity index is 1.80. The summed E-state index contributed by atoms with van der Waals surface area (Å²) in [6.07, 6.45) is 0. The molecular formula is C13H12N2O2S. The normalized spacial score (nSPS) is 9.78. The van der Waals surface area contributed by atoms with Gasteiger partial charge in [0.05, 0.1) is 4.88 Å². The fourth-order valence-corrected chi connectivity index (χ4v) is 1.96. The summed E-state index contributed by atoms with van der Waals surface area (Å²) in [4.78, 5) is 12.3. The van der Waals surface area contributed by atoms with E-state index >= 15 is 0 Å². The lowest BCUT2D eigenvalue weighted by Crippen LogP contribution is -2.20. The predicted molar refractivity (Wildman–Crippen MR) is 72.2 cm³/mol. The van der Waals surface area contributed by atoms with E-state index in [4.69, 9.17) is 10.1 Å². The van der Waals surface area contributed by atoms with E-state index in [-0.39, 0.29) is 18.4 Å². The Morgan fingerprint density at radius 2 is 2.00 bits per heavy atom. The van der Waals surface area contributed by atoms with E-state index in [2.05, 4.69) is 5.32 Å². The number of carbonyl (C=O) groups is 1. The summed E-state index contributed by atoms with van der Waals surface area (Å²) in [6, 6.07) is 12.8. The zero-order valence-corrected chi connectivity index (χ0v) is 10.4. The van der Waals surface area contributed by atoms with Gasteiger partial charge < -0.3 is 10.1 Å². The molecule has 2 rings (SSSR count). The molecule has 0 bridgehead atoms. The first-order chi connectivity index (χ1) is 8.75. The van der Waals surface area contributed by atoms with E-state index in [1.54, 1.807) is 18.2 Å². The maximum atomic E-state index is 11.6. The molecule has 0 fully saturated rings. The Bertz CT molecular complexity index is 523. The smallest absolute Gasteiger partial charge is 0.262 e. The molecule has 0 aliphatic rings. The van der Waals surface area contributed by atoms with Gasteiger partial charge in [-0.2, -0.15) is 0 Å². The highest BCUT2D eigenvalue weighted by Gasteiger charge is 2.07. The topological polar surface area (TPSA) is 62.2 Å². The number of thiophene rings is 1. The Labute approximate surface area is 109 Å². The first-order valence-electron chi connectivity index (χ1n) is 5.36. The van der Waals surface area contributed by atoms with Crippen molar-refractivity contribution in [1.29, 1.82) is 5.41 Å². The Hall–Kier alpha value is -2.14. The number of benzene rings is 1. The summed E-state index contributed by atoms with van der Waals surface area (Å²) in [7, 11) is 0. The molecular weight excluding hydrogens is 248 g/mol. The number of para-hydroxylation sites is 1. The third-order valence-electron chi connectivity index (χ3n) is 2.15. The molecule has 4 nitrogen and oxygen atoms in total. The molecule has 18 heavy (non-hydrogen) atoms. The van der Waals surface area contributed by atoms with Gasteiger partial charge in [0.15, 0.2) is 6.61 Å². The third kappa shape index (κ3) is 3.43. The van der Waals surface area contributed by atoms with Crippen molar-refractivity contribution in [2.45, 2.75) is 0 Å². The zero-order chi connectivity index (χ0) is 12.8. The molecule has 5 heteroatoms. The van der Waals surface area contributed by atoms with Crippen molar-refractivity contribution in [1.82, 2.24) is 0 Å².